The van der Waals surface area contributed by atoms with Gasteiger partial charge in [-0.25, -0.2) is 0 Å². The van der Waals surface area contributed by atoms with Crippen LogP contribution >= 0.6 is 11.8 Å². The highest BCUT2D eigenvalue weighted by Gasteiger charge is 2.28. The lowest BCUT2D eigenvalue weighted by Crippen LogP contribution is -2.29. The van der Waals surface area contributed by atoms with Crippen LogP contribution in [0.15, 0.2) is 23.1 Å². The number of thioether (sulfide) groups is 1. The first kappa shape index (κ1) is 17.1. The lowest BCUT2D eigenvalue weighted by molar-refractivity contribution is -0.115. The van der Waals surface area contributed by atoms with Crippen molar-refractivity contribution in [3.05, 3.63) is 23.8 Å². The van der Waals surface area contributed by atoms with Gasteiger partial charge < -0.3 is 10.6 Å². The van der Waals surface area contributed by atoms with Gasteiger partial charge in [-0.1, -0.05) is 6.07 Å². The number of halogens is 3. The fourth-order valence-electron chi connectivity index (χ4n) is 1.93. The van der Waals surface area contributed by atoms with Gasteiger partial charge in [0.15, 0.2) is 0 Å². The van der Waals surface area contributed by atoms with Gasteiger partial charge in [-0.2, -0.15) is 13.2 Å². The Morgan fingerprint density at radius 1 is 1.36 bits per heavy atom. The minimum atomic E-state index is -4.23. The Kier molecular flexibility index (Phi) is 5.74. The fourth-order valence-corrected chi connectivity index (χ4v) is 2.68. The molecular weight excluding hydrogens is 313 g/mol. The van der Waals surface area contributed by atoms with Crippen molar-refractivity contribution in [3.8, 4) is 0 Å². The second-order valence-electron chi connectivity index (χ2n) is 5.53. The van der Waals surface area contributed by atoms with Crippen LogP contribution in [0.3, 0.4) is 0 Å². The van der Waals surface area contributed by atoms with Gasteiger partial charge >= 0.3 is 6.18 Å². The van der Waals surface area contributed by atoms with Gasteiger partial charge in [0.05, 0.1) is 18.0 Å². The lowest BCUT2D eigenvalue weighted by Gasteiger charge is -2.13. The summed E-state index contributed by atoms with van der Waals surface area (Å²) < 4.78 is 37.0. The number of alkyl halides is 3. The first-order valence-electron chi connectivity index (χ1n) is 7.14. The zero-order valence-electron chi connectivity index (χ0n) is 12.3. The van der Waals surface area contributed by atoms with Crippen LogP contribution in [0.4, 0.5) is 18.9 Å². The van der Waals surface area contributed by atoms with E-state index in [2.05, 4.69) is 10.6 Å². The Morgan fingerprint density at radius 3 is 2.73 bits per heavy atom. The lowest BCUT2D eigenvalue weighted by atomic mass is 10.2. The molecule has 0 spiro atoms. The maximum Gasteiger partial charge on any atom is 0.398 e. The molecule has 22 heavy (non-hydrogen) atoms. The van der Waals surface area contributed by atoms with Crippen molar-refractivity contribution in [2.24, 2.45) is 5.92 Å². The molecule has 0 aliphatic heterocycles. The van der Waals surface area contributed by atoms with Crippen molar-refractivity contribution in [2.75, 3.05) is 24.2 Å². The van der Waals surface area contributed by atoms with E-state index in [4.69, 9.17) is 0 Å². The van der Waals surface area contributed by atoms with E-state index >= 15 is 0 Å². The Morgan fingerprint density at radius 2 is 2.09 bits per heavy atom. The third kappa shape index (κ3) is 6.27. The summed E-state index contributed by atoms with van der Waals surface area (Å²) in [5, 5.41) is 5.75. The molecule has 0 aromatic heterocycles. The van der Waals surface area contributed by atoms with Crippen LogP contribution in [0.5, 0.6) is 0 Å². The molecule has 2 N–H and O–H groups in total. The Balaban J connectivity index is 1.91. The first-order chi connectivity index (χ1) is 10.3. The van der Waals surface area contributed by atoms with E-state index in [1.54, 1.807) is 18.2 Å². The van der Waals surface area contributed by atoms with E-state index in [0.29, 0.717) is 28.3 Å². The molecule has 0 saturated heterocycles. The predicted molar refractivity (Wildman–Crippen MR) is 82.2 cm³/mol. The standard InChI is InChI=1S/C15H19F3N2OS/c1-10-2-5-13(22-9-15(16,17)18)12(6-10)20-14(21)8-19-7-11-3-4-11/h2,5-6,11,19H,3-4,7-9H2,1H3,(H,20,21). The van der Waals surface area contributed by atoms with E-state index < -0.39 is 11.9 Å². The van der Waals surface area contributed by atoms with Crippen molar-refractivity contribution in [1.82, 2.24) is 5.32 Å². The van der Waals surface area contributed by atoms with Gasteiger partial charge in [0.25, 0.3) is 0 Å². The van der Waals surface area contributed by atoms with Crippen molar-refractivity contribution in [3.63, 3.8) is 0 Å². The third-order valence-electron chi connectivity index (χ3n) is 3.22. The molecule has 0 bridgehead atoms. The summed E-state index contributed by atoms with van der Waals surface area (Å²) in [6.07, 6.45) is -1.84. The zero-order valence-corrected chi connectivity index (χ0v) is 13.1. The Labute approximate surface area is 132 Å². The summed E-state index contributed by atoms with van der Waals surface area (Å²) in [4.78, 5) is 12.3. The van der Waals surface area contributed by atoms with Crippen molar-refractivity contribution in [2.45, 2.75) is 30.8 Å². The number of amides is 1. The largest absolute Gasteiger partial charge is 0.398 e. The molecule has 1 fully saturated rings. The van der Waals surface area contributed by atoms with Crippen LogP contribution in [0.2, 0.25) is 0 Å². The molecule has 1 aliphatic carbocycles. The monoisotopic (exact) mass is 332 g/mol. The summed E-state index contributed by atoms with van der Waals surface area (Å²) >= 11 is 0.683. The molecule has 0 radical (unpaired) electrons. The highest BCUT2D eigenvalue weighted by molar-refractivity contribution is 7.99. The van der Waals surface area contributed by atoms with Gasteiger partial charge in [0.2, 0.25) is 5.91 Å². The quantitative estimate of drug-likeness (QED) is 0.750. The minimum Gasteiger partial charge on any atom is -0.324 e. The summed E-state index contributed by atoms with van der Waals surface area (Å²) in [5.41, 5.74) is 1.32. The van der Waals surface area contributed by atoms with E-state index in [1.807, 2.05) is 6.92 Å². The van der Waals surface area contributed by atoms with Crippen molar-refractivity contribution < 1.29 is 18.0 Å². The maximum absolute atomic E-state index is 12.3. The maximum atomic E-state index is 12.3. The smallest absolute Gasteiger partial charge is 0.324 e. The predicted octanol–water partition coefficient (Wildman–Crippen LogP) is 3.59. The molecule has 1 aromatic carbocycles. The number of nitrogens with one attached hydrogen (secondary N) is 2. The van der Waals surface area contributed by atoms with Crippen LogP contribution in [-0.2, 0) is 4.79 Å². The number of carbonyl (C=O) groups excluding carboxylic acids is 1. The van der Waals surface area contributed by atoms with Gasteiger partial charge in [0, 0.05) is 4.90 Å². The van der Waals surface area contributed by atoms with E-state index in [0.717, 1.165) is 12.1 Å². The Bertz CT molecular complexity index is 530. The summed E-state index contributed by atoms with van der Waals surface area (Å²) in [5.74, 6) is -0.538. The molecule has 7 heteroatoms. The zero-order chi connectivity index (χ0) is 16.2. The van der Waals surface area contributed by atoms with Crippen LogP contribution in [-0.4, -0.2) is 30.9 Å². The molecule has 1 aliphatic rings. The third-order valence-corrected chi connectivity index (χ3v) is 4.35. The number of carbonyl (C=O) groups is 1. The van der Waals surface area contributed by atoms with Crippen molar-refractivity contribution in [1.29, 1.82) is 0 Å². The summed E-state index contributed by atoms with van der Waals surface area (Å²) in [7, 11) is 0. The average Bonchev–Trinajstić information content (AvgIpc) is 3.21. The van der Waals surface area contributed by atoms with Gasteiger partial charge in [-0.05, 0) is 49.9 Å². The number of aryl methyl sites for hydroxylation is 1. The molecular formula is C15H19F3N2OS. The summed E-state index contributed by atoms with van der Waals surface area (Å²) in [6, 6.07) is 5.04. The molecule has 0 heterocycles. The van der Waals surface area contributed by atoms with Gasteiger partial charge in [-0.3, -0.25) is 4.79 Å². The second kappa shape index (κ2) is 7.37. The number of rotatable bonds is 7. The topological polar surface area (TPSA) is 41.1 Å². The summed E-state index contributed by atoms with van der Waals surface area (Å²) in [6.45, 7) is 2.82. The van der Waals surface area contributed by atoms with E-state index in [9.17, 15) is 18.0 Å². The van der Waals surface area contributed by atoms with Crippen LogP contribution in [0, 0.1) is 12.8 Å². The SMILES string of the molecule is Cc1ccc(SCC(F)(F)F)c(NC(=O)CNCC2CC2)c1. The molecule has 122 valence electrons. The normalized spacial score (nSPS) is 14.9. The highest BCUT2D eigenvalue weighted by Crippen LogP contribution is 2.33. The van der Waals surface area contributed by atoms with E-state index in [-0.39, 0.29) is 12.5 Å². The molecule has 1 amide bonds. The number of hydrogen-bond donors (Lipinski definition) is 2. The Hall–Kier alpha value is -1.21. The number of anilines is 1. The van der Waals surface area contributed by atoms with Crippen molar-refractivity contribution >= 4 is 23.4 Å². The van der Waals surface area contributed by atoms with Crippen LogP contribution in [0.25, 0.3) is 0 Å². The van der Waals surface area contributed by atoms with Gasteiger partial charge in [-0.15, -0.1) is 11.8 Å². The van der Waals surface area contributed by atoms with Crippen LogP contribution < -0.4 is 10.6 Å². The first-order valence-corrected chi connectivity index (χ1v) is 8.13. The molecule has 1 aromatic rings. The number of benzene rings is 1. The molecule has 3 nitrogen and oxygen atoms in total. The number of hydrogen-bond acceptors (Lipinski definition) is 3. The highest BCUT2D eigenvalue weighted by atomic mass is 32.2. The van der Waals surface area contributed by atoms with Gasteiger partial charge in [0.1, 0.15) is 0 Å². The average molecular weight is 332 g/mol. The molecule has 2 rings (SSSR count). The molecule has 0 unspecified atom stereocenters. The second-order valence-corrected chi connectivity index (χ2v) is 6.54. The molecule has 0 atom stereocenters. The molecule has 1 saturated carbocycles. The van der Waals surface area contributed by atoms with Crippen LogP contribution in [0.1, 0.15) is 18.4 Å². The fraction of sp³-hybridized carbons (Fsp3) is 0.533. The van der Waals surface area contributed by atoms with E-state index in [1.165, 1.54) is 12.8 Å². The minimum absolute atomic E-state index is 0.174.